The molecule has 3 aromatic rings. The minimum atomic E-state index is -3.82. The van der Waals surface area contributed by atoms with E-state index in [9.17, 15) is 13.2 Å². The molecule has 1 amide bonds. The maximum absolute atomic E-state index is 12.6. The van der Waals surface area contributed by atoms with Gasteiger partial charge in [0.2, 0.25) is 10.0 Å². The van der Waals surface area contributed by atoms with Crippen LogP contribution in [0.5, 0.6) is 0 Å². The Balaban J connectivity index is 2.11. The Hall–Kier alpha value is -2.34. The van der Waals surface area contributed by atoms with Crippen LogP contribution in [0.1, 0.15) is 30.4 Å². The van der Waals surface area contributed by atoms with Gasteiger partial charge in [-0.25, -0.2) is 13.6 Å². The van der Waals surface area contributed by atoms with Crippen LogP contribution in [-0.4, -0.2) is 42.4 Å². The highest BCUT2D eigenvalue weighted by atomic mass is 32.2. The normalized spacial score (nSPS) is 13.0. The molecule has 2 aromatic heterocycles. The highest BCUT2D eigenvalue weighted by molar-refractivity contribution is 7.89. The summed E-state index contributed by atoms with van der Waals surface area (Å²) < 4.78 is 32.6. The van der Waals surface area contributed by atoms with Crippen molar-refractivity contribution in [3.05, 3.63) is 41.0 Å². The van der Waals surface area contributed by atoms with Crippen LogP contribution in [0.25, 0.3) is 10.2 Å². The molecule has 9 nitrogen and oxygen atoms in total. The second kappa shape index (κ2) is 7.95. The fourth-order valence-corrected chi connectivity index (χ4v) is 4.31. The Labute approximate surface area is 166 Å². The zero-order valence-corrected chi connectivity index (χ0v) is 17.3. The molecule has 0 atom stereocenters. The van der Waals surface area contributed by atoms with Gasteiger partial charge in [0.25, 0.3) is 5.91 Å². The molecule has 1 aromatic carbocycles. The number of carbonyl (C=O) groups is 1. The summed E-state index contributed by atoms with van der Waals surface area (Å²) >= 11 is 1.21. The number of carbonyl (C=O) groups excluding carboxylic acids is 1. The van der Waals surface area contributed by atoms with E-state index in [1.165, 1.54) is 23.5 Å². The number of fused-ring (bicyclic) bond motifs is 1. The van der Waals surface area contributed by atoms with Gasteiger partial charge in [-0.15, -0.1) is 0 Å². The van der Waals surface area contributed by atoms with E-state index in [1.807, 2.05) is 18.4 Å². The third-order valence-electron chi connectivity index (χ3n) is 4.06. The van der Waals surface area contributed by atoms with Crippen molar-refractivity contribution in [2.45, 2.75) is 31.3 Å². The Morgan fingerprint density at radius 3 is 2.71 bits per heavy atom. The summed E-state index contributed by atoms with van der Waals surface area (Å²) in [5, 5.41) is 9.46. The van der Waals surface area contributed by atoms with Gasteiger partial charge >= 0.3 is 0 Å². The van der Waals surface area contributed by atoms with Gasteiger partial charge in [-0.1, -0.05) is 11.3 Å². The van der Waals surface area contributed by atoms with Crippen LogP contribution in [-0.2, 0) is 21.3 Å². The van der Waals surface area contributed by atoms with Crippen LogP contribution in [0.2, 0.25) is 0 Å². The van der Waals surface area contributed by atoms with E-state index in [1.54, 1.807) is 30.1 Å². The van der Waals surface area contributed by atoms with Crippen molar-refractivity contribution in [2.75, 3.05) is 13.7 Å². The van der Waals surface area contributed by atoms with E-state index in [-0.39, 0.29) is 16.6 Å². The zero-order valence-electron chi connectivity index (χ0n) is 15.7. The van der Waals surface area contributed by atoms with E-state index in [2.05, 4.69) is 10.1 Å². The van der Waals surface area contributed by atoms with Gasteiger partial charge in [-0.3, -0.25) is 9.48 Å². The summed E-state index contributed by atoms with van der Waals surface area (Å²) in [6.45, 7) is 4.79. The van der Waals surface area contributed by atoms with Crippen molar-refractivity contribution in [1.29, 1.82) is 0 Å². The molecule has 0 fully saturated rings. The first-order valence-electron chi connectivity index (χ1n) is 8.50. The average Bonchev–Trinajstić information content (AvgIpc) is 3.24. The highest BCUT2D eigenvalue weighted by Gasteiger charge is 2.15. The number of nitrogens with zero attached hydrogens (tertiary/aromatic N) is 4. The number of amides is 1. The molecule has 2 heterocycles. The standard InChI is InChI=1S/C17H21N5O4S2/c1-11(2)22-7-6-13(20-22)16(23)19-17-21(8-9-26-3)14-5-4-12(28(18,24)25)10-15(14)27-17/h4-7,10-11H,8-9H2,1-3H3,(H2,18,24,25). The van der Waals surface area contributed by atoms with Gasteiger partial charge in [0.05, 0.1) is 21.7 Å². The van der Waals surface area contributed by atoms with Gasteiger partial charge in [0.1, 0.15) is 0 Å². The maximum Gasteiger partial charge on any atom is 0.300 e. The third-order valence-corrected chi connectivity index (χ3v) is 6.01. The first-order chi connectivity index (χ1) is 13.2. The third kappa shape index (κ3) is 4.22. The number of sulfonamides is 1. The molecule has 2 N–H and O–H groups in total. The average molecular weight is 424 g/mol. The summed E-state index contributed by atoms with van der Waals surface area (Å²) in [6, 6.07) is 6.32. The van der Waals surface area contributed by atoms with E-state index >= 15 is 0 Å². The summed E-state index contributed by atoms with van der Waals surface area (Å²) in [6.07, 6.45) is 1.73. The van der Waals surface area contributed by atoms with Gasteiger partial charge in [-0.2, -0.15) is 10.1 Å². The van der Waals surface area contributed by atoms with Gasteiger partial charge in [-0.05, 0) is 38.1 Å². The topological polar surface area (TPSA) is 122 Å². The number of ether oxygens (including phenoxy) is 1. The number of primary sulfonamides is 1. The monoisotopic (exact) mass is 423 g/mol. The van der Waals surface area contributed by atoms with E-state index in [0.717, 1.165) is 5.52 Å². The molecule has 0 spiro atoms. The molecule has 0 aliphatic carbocycles. The molecule has 3 rings (SSSR count). The first kappa shape index (κ1) is 20.4. The predicted octanol–water partition coefficient (Wildman–Crippen LogP) is 1.52. The number of aromatic nitrogens is 3. The number of thiazole rings is 1. The molecule has 0 saturated heterocycles. The minimum Gasteiger partial charge on any atom is -0.383 e. The Kier molecular flexibility index (Phi) is 5.79. The van der Waals surface area contributed by atoms with Crippen molar-refractivity contribution in [3.8, 4) is 0 Å². The molecular weight excluding hydrogens is 402 g/mol. The van der Waals surface area contributed by atoms with Crippen LogP contribution in [0.3, 0.4) is 0 Å². The second-order valence-corrected chi connectivity index (χ2v) is 8.97. The van der Waals surface area contributed by atoms with Crippen molar-refractivity contribution in [1.82, 2.24) is 14.3 Å². The maximum atomic E-state index is 12.6. The largest absolute Gasteiger partial charge is 0.383 e. The molecule has 0 bridgehead atoms. The van der Waals surface area contributed by atoms with Crippen molar-refractivity contribution < 1.29 is 17.9 Å². The van der Waals surface area contributed by atoms with E-state index in [4.69, 9.17) is 9.88 Å². The van der Waals surface area contributed by atoms with Gasteiger partial charge in [0.15, 0.2) is 10.5 Å². The SMILES string of the molecule is COCCn1c(=NC(=O)c2ccn(C(C)C)n2)sc2cc(S(N)(=O)=O)ccc21. The Morgan fingerprint density at radius 1 is 1.36 bits per heavy atom. The molecule has 0 aliphatic heterocycles. The molecule has 0 unspecified atom stereocenters. The fraction of sp³-hybridized carbons (Fsp3) is 0.353. The van der Waals surface area contributed by atoms with Crippen LogP contribution in [0, 0.1) is 0 Å². The molecule has 28 heavy (non-hydrogen) atoms. The Morgan fingerprint density at radius 2 is 2.11 bits per heavy atom. The zero-order chi connectivity index (χ0) is 20.5. The lowest BCUT2D eigenvalue weighted by Gasteiger charge is -2.05. The number of hydrogen-bond acceptors (Lipinski definition) is 6. The second-order valence-electron chi connectivity index (χ2n) is 6.40. The lowest BCUT2D eigenvalue weighted by Crippen LogP contribution is -2.19. The molecular formula is C17H21N5O4S2. The molecule has 0 saturated carbocycles. The quantitative estimate of drug-likeness (QED) is 0.644. The number of rotatable bonds is 6. The van der Waals surface area contributed by atoms with Crippen molar-refractivity contribution in [2.24, 2.45) is 10.1 Å². The summed E-state index contributed by atoms with van der Waals surface area (Å²) in [5.41, 5.74) is 0.989. The number of nitrogens with two attached hydrogens (primary N) is 1. The van der Waals surface area contributed by atoms with Crippen molar-refractivity contribution in [3.63, 3.8) is 0 Å². The summed E-state index contributed by atoms with van der Waals surface area (Å²) in [7, 11) is -2.25. The smallest absolute Gasteiger partial charge is 0.300 e. The Bertz CT molecular complexity index is 1190. The minimum absolute atomic E-state index is 0.00805. The van der Waals surface area contributed by atoms with Gasteiger partial charge < -0.3 is 9.30 Å². The number of hydrogen-bond donors (Lipinski definition) is 1. The molecule has 11 heteroatoms. The lowest BCUT2D eigenvalue weighted by molar-refractivity contribution is 0.0991. The van der Waals surface area contributed by atoms with Crippen LogP contribution >= 0.6 is 11.3 Å². The highest BCUT2D eigenvalue weighted by Crippen LogP contribution is 2.21. The first-order valence-corrected chi connectivity index (χ1v) is 10.9. The van der Waals surface area contributed by atoms with Crippen LogP contribution in [0.15, 0.2) is 40.4 Å². The molecule has 0 aliphatic rings. The van der Waals surface area contributed by atoms with Crippen LogP contribution < -0.4 is 9.94 Å². The fourth-order valence-electron chi connectivity index (χ4n) is 2.60. The van der Waals surface area contributed by atoms with Crippen molar-refractivity contribution >= 4 is 37.5 Å². The van der Waals surface area contributed by atoms with Crippen LogP contribution in [0.4, 0.5) is 0 Å². The molecule has 0 radical (unpaired) electrons. The van der Waals surface area contributed by atoms with E-state index in [0.29, 0.717) is 22.7 Å². The lowest BCUT2D eigenvalue weighted by atomic mass is 10.3. The number of methoxy groups -OCH3 is 1. The number of benzene rings is 1. The summed E-state index contributed by atoms with van der Waals surface area (Å²) in [5.74, 6) is -0.469. The summed E-state index contributed by atoms with van der Waals surface area (Å²) in [4.78, 5) is 17.2. The van der Waals surface area contributed by atoms with E-state index < -0.39 is 15.9 Å². The predicted molar refractivity (Wildman–Crippen MR) is 106 cm³/mol. The van der Waals surface area contributed by atoms with Gasteiger partial charge in [0, 0.05) is 25.9 Å². The molecule has 150 valence electrons.